The first kappa shape index (κ1) is 18.7. The molecule has 0 radical (unpaired) electrons. The van der Waals surface area contributed by atoms with Crippen molar-refractivity contribution in [2.45, 2.75) is 24.4 Å². The number of carboxylic acids is 1. The van der Waals surface area contributed by atoms with E-state index < -0.39 is 44.2 Å². The van der Waals surface area contributed by atoms with Gasteiger partial charge in [0.15, 0.2) is 0 Å². The zero-order chi connectivity index (χ0) is 17.1. The van der Waals surface area contributed by atoms with Crippen molar-refractivity contribution in [1.82, 2.24) is 4.31 Å². The van der Waals surface area contributed by atoms with Gasteiger partial charge >= 0.3 is 12.1 Å². The maximum Gasteiger partial charge on any atom is 0.416 e. The number of rotatable bonds is 6. The highest BCUT2D eigenvalue weighted by atomic mass is 35.5. The lowest BCUT2D eigenvalue weighted by atomic mass is 10.2. The van der Waals surface area contributed by atoms with Crippen LogP contribution in [0.1, 0.15) is 18.9 Å². The summed E-state index contributed by atoms with van der Waals surface area (Å²) in [5.74, 6) is -1.37. The highest BCUT2D eigenvalue weighted by Crippen LogP contribution is 2.34. The Kier molecular flexibility index (Phi) is 5.82. The Morgan fingerprint density at radius 2 is 1.95 bits per heavy atom. The number of carbonyl (C=O) groups is 1. The summed E-state index contributed by atoms with van der Waals surface area (Å²) in [6.45, 7) is 0.748. The summed E-state index contributed by atoms with van der Waals surface area (Å²) in [6, 6.07) is 1.81. The summed E-state index contributed by atoms with van der Waals surface area (Å²) in [4.78, 5) is 10.2. The molecule has 0 aliphatic carbocycles. The van der Waals surface area contributed by atoms with E-state index in [1.165, 1.54) is 0 Å². The number of nitrogens with zero attached hydrogens (tertiary/aromatic N) is 1. The third-order valence-electron chi connectivity index (χ3n) is 2.66. The van der Waals surface area contributed by atoms with Crippen LogP contribution in [-0.2, 0) is 21.0 Å². The molecule has 0 spiro atoms. The average molecular weight is 360 g/mol. The van der Waals surface area contributed by atoms with Gasteiger partial charge in [0.2, 0.25) is 10.0 Å². The van der Waals surface area contributed by atoms with Crippen LogP contribution in [0.25, 0.3) is 0 Å². The van der Waals surface area contributed by atoms with Crippen LogP contribution in [0.4, 0.5) is 13.2 Å². The number of carboxylic acid groups (broad SMARTS) is 1. The average Bonchev–Trinajstić information content (AvgIpc) is 2.36. The zero-order valence-corrected chi connectivity index (χ0v) is 13.0. The second-order valence-corrected chi connectivity index (χ2v) is 6.69. The minimum atomic E-state index is -4.66. The van der Waals surface area contributed by atoms with Crippen LogP contribution in [0.2, 0.25) is 5.02 Å². The van der Waals surface area contributed by atoms with E-state index >= 15 is 0 Å². The molecule has 1 aromatic carbocycles. The minimum absolute atomic E-state index is 0.0913. The van der Waals surface area contributed by atoms with E-state index in [-0.39, 0.29) is 6.54 Å². The lowest BCUT2D eigenvalue weighted by Gasteiger charge is -2.20. The van der Waals surface area contributed by atoms with Crippen LogP contribution in [0.15, 0.2) is 23.1 Å². The smallest absolute Gasteiger partial charge is 0.416 e. The summed E-state index contributed by atoms with van der Waals surface area (Å²) in [5.41, 5.74) is -1.09. The second kappa shape index (κ2) is 6.84. The van der Waals surface area contributed by atoms with Gasteiger partial charge in [-0.05, 0) is 24.6 Å². The summed E-state index contributed by atoms with van der Waals surface area (Å²) in [5, 5.41) is 8.14. The molecule has 124 valence electrons. The van der Waals surface area contributed by atoms with Crippen molar-refractivity contribution in [3.63, 3.8) is 0 Å². The molecule has 0 amide bonds. The Morgan fingerprint density at radius 3 is 2.36 bits per heavy atom. The molecule has 0 bridgehead atoms. The van der Waals surface area contributed by atoms with Crippen molar-refractivity contribution in [2.24, 2.45) is 0 Å². The summed E-state index contributed by atoms with van der Waals surface area (Å²) < 4.78 is 63.0. The SMILES string of the molecule is CCCN(CC(=O)O)S(=O)(=O)c1ccc(C(F)(F)F)cc1Cl. The predicted octanol–water partition coefficient (Wildman–Crippen LogP) is 2.84. The van der Waals surface area contributed by atoms with E-state index in [2.05, 4.69) is 0 Å². The molecule has 0 unspecified atom stereocenters. The Labute approximate surface area is 130 Å². The number of alkyl halides is 3. The lowest BCUT2D eigenvalue weighted by Crippen LogP contribution is -2.36. The van der Waals surface area contributed by atoms with Crippen molar-refractivity contribution < 1.29 is 31.5 Å². The number of hydrogen-bond donors (Lipinski definition) is 1. The molecule has 0 saturated carbocycles. The standard InChI is InChI=1S/C12H13ClF3NO4S/c1-2-5-17(7-11(18)19)22(20,21)10-4-3-8(6-9(10)13)12(14,15)16/h3-4,6H,2,5,7H2,1H3,(H,18,19). The van der Waals surface area contributed by atoms with E-state index in [0.717, 1.165) is 6.07 Å². The van der Waals surface area contributed by atoms with Gasteiger partial charge in [-0.1, -0.05) is 18.5 Å². The summed E-state index contributed by atoms with van der Waals surface area (Å²) in [6.07, 6.45) is -4.32. The molecule has 0 atom stereocenters. The molecule has 10 heteroatoms. The van der Waals surface area contributed by atoms with Gasteiger partial charge in [-0.2, -0.15) is 17.5 Å². The van der Waals surface area contributed by atoms with Crippen molar-refractivity contribution in [3.8, 4) is 0 Å². The van der Waals surface area contributed by atoms with Gasteiger partial charge in [-0.3, -0.25) is 4.79 Å². The van der Waals surface area contributed by atoms with Gasteiger partial charge in [0, 0.05) is 6.54 Å². The molecule has 1 aromatic rings. The fraction of sp³-hybridized carbons (Fsp3) is 0.417. The van der Waals surface area contributed by atoms with Gasteiger partial charge in [-0.25, -0.2) is 8.42 Å². The molecule has 1 N–H and O–H groups in total. The Bertz CT molecular complexity index is 661. The highest BCUT2D eigenvalue weighted by molar-refractivity contribution is 7.89. The summed E-state index contributed by atoms with van der Waals surface area (Å²) >= 11 is 5.65. The third kappa shape index (κ3) is 4.34. The van der Waals surface area contributed by atoms with Crippen molar-refractivity contribution in [1.29, 1.82) is 0 Å². The molecule has 22 heavy (non-hydrogen) atoms. The number of hydrogen-bond acceptors (Lipinski definition) is 3. The Morgan fingerprint density at radius 1 is 1.36 bits per heavy atom. The highest BCUT2D eigenvalue weighted by Gasteiger charge is 2.33. The van der Waals surface area contributed by atoms with E-state index in [9.17, 15) is 26.4 Å². The topological polar surface area (TPSA) is 74.7 Å². The van der Waals surface area contributed by atoms with E-state index in [1.54, 1.807) is 6.92 Å². The number of halogens is 4. The van der Waals surface area contributed by atoms with Gasteiger partial charge in [0.25, 0.3) is 0 Å². The van der Waals surface area contributed by atoms with Gasteiger partial charge in [0.1, 0.15) is 11.4 Å². The molecule has 0 fully saturated rings. The van der Waals surface area contributed by atoms with Crippen LogP contribution < -0.4 is 0 Å². The normalized spacial score (nSPS) is 12.6. The number of benzene rings is 1. The van der Waals surface area contributed by atoms with Crippen LogP contribution in [0.3, 0.4) is 0 Å². The summed E-state index contributed by atoms with van der Waals surface area (Å²) in [7, 11) is -4.30. The van der Waals surface area contributed by atoms with E-state index in [1.807, 2.05) is 0 Å². The van der Waals surface area contributed by atoms with Crippen molar-refractivity contribution >= 4 is 27.6 Å². The monoisotopic (exact) mass is 359 g/mol. The first-order valence-corrected chi connectivity index (χ1v) is 7.90. The Hall–Kier alpha value is -1.32. The molecule has 0 aliphatic heterocycles. The van der Waals surface area contributed by atoms with Gasteiger partial charge in [-0.15, -0.1) is 0 Å². The molecule has 5 nitrogen and oxygen atoms in total. The lowest BCUT2D eigenvalue weighted by molar-refractivity contribution is -0.138. The largest absolute Gasteiger partial charge is 0.480 e. The molecule has 0 aliphatic rings. The predicted molar refractivity (Wildman–Crippen MR) is 73.1 cm³/mol. The fourth-order valence-electron chi connectivity index (χ4n) is 1.71. The first-order valence-electron chi connectivity index (χ1n) is 6.08. The van der Waals surface area contributed by atoms with Crippen molar-refractivity contribution in [3.05, 3.63) is 28.8 Å². The molecule has 1 rings (SSSR count). The van der Waals surface area contributed by atoms with Gasteiger partial charge in [0.05, 0.1) is 10.6 Å². The fourth-order valence-corrected chi connectivity index (χ4v) is 3.71. The van der Waals surface area contributed by atoms with Crippen LogP contribution in [0.5, 0.6) is 0 Å². The van der Waals surface area contributed by atoms with E-state index in [0.29, 0.717) is 22.9 Å². The van der Waals surface area contributed by atoms with Crippen LogP contribution in [0, 0.1) is 0 Å². The molecule has 0 heterocycles. The number of sulfonamides is 1. The van der Waals surface area contributed by atoms with Crippen molar-refractivity contribution in [2.75, 3.05) is 13.1 Å². The maximum atomic E-state index is 12.6. The van der Waals surface area contributed by atoms with Gasteiger partial charge < -0.3 is 5.11 Å². The van der Waals surface area contributed by atoms with Crippen LogP contribution in [-0.4, -0.2) is 36.9 Å². The maximum absolute atomic E-state index is 12.6. The molecule has 0 aromatic heterocycles. The first-order chi connectivity index (χ1) is 10.00. The molecule has 0 saturated heterocycles. The Balaban J connectivity index is 3.29. The minimum Gasteiger partial charge on any atom is -0.480 e. The number of aliphatic carboxylic acids is 1. The quantitative estimate of drug-likeness (QED) is 0.847. The zero-order valence-electron chi connectivity index (χ0n) is 11.4. The third-order valence-corrected chi connectivity index (χ3v) is 4.99. The van der Waals surface area contributed by atoms with Crippen LogP contribution >= 0.6 is 11.6 Å². The van der Waals surface area contributed by atoms with E-state index in [4.69, 9.17) is 16.7 Å². The molecular weight excluding hydrogens is 347 g/mol. The molecular formula is C12H13ClF3NO4S. The second-order valence-electron chi connectivity index (χ2n) is 4.38.